The maximum absolute atomic E-state index is 12.3. The van der Waals surface area contributed by atoms with E-state index >= 15 is 0 Å². The maximum Gasteiger partial charge on any atom is 0.401 e. The number of piperazine rings is 1. The Morgan fingerprint density at radius 3 is 2.32 bits per heavy atom. The van der Waals surface area contributed by atoms with Crippen molar-refractivity contribution in [2.24, 2.45) is 10.9 Å². The SMILES string of the molecule is CCC(CC(N)=NO)N1CCN(CC(F)(F)F)CC1. The first kappa shape index (κ1) is 16.0. The summed E-state index contributed by atoms with van der Waals surface area (Å²) < 4.78 is 36.8. The van der Waals surface area contributed by atoms with Crippen molar-refractivity contribution in [2.45, 2.75) is 32.0 Å². The van der Waals surface area contributed by atoms with Gasteiger partial charge in [0.25, 0.3) is 0 Å². The first-order valence-electron chi connectivity index (χ1n) is 6.35. The molecule has 1 saturated heterocycles. The molecule has 0 aliphatic carbocycles. The highest BCUT2D eigenvalue weighted by atomic mass is 19.4. The molecule has 0 radical (unpaired) electrons. The average molecular weight is 282 g/mol. The summed E-state index contributed by atoms with van der Waals surface area (Å²) in [7, 11) is 0. The standard InChI is InChI=1S/C11H21F3N4O/c1-2-9(7-10(15)16-19)18-5-3-17(4-6-18)8-11(12,13)14/h9,19H,2-8H2,1H3,(H2,15,16). The van der Waals surface area contributed by atoms with Gasteiger partial charge in [0.05, 0.1) is 6.54 Å². The Morgan fingerprint density at radius 1 is 1.32 bits per heavy atom. The van der Waals surface area contributed by atoms with Gasteiger partial charge in [-0.3, -0.25) is 9.80 Å². The van der Waals surface area contributed by atoms with Crippen LogP contribution in [0.3, 0.4) is 0 Å². The first-order valence-corrected chi connectivity index (χ1v) is 6.35. The molecule has 1 fully saturated rings. The van der Waals surface area contributed by atoms with E-state index in [4.69, 9.17) is 10.9 Å². The summed E-state index contributed by atoms with van der Waals surface area (Å²) in [5, 5.41) is 11.5. The topological polar surface area (TPSA) is 65.1 Å². The molecule has 1 atom stereocenters. The van der Waals surface area contributed by atoms with Gasteiger partial charge in [-0.15, -0.1) is 0 Å². The predicted octanol–water partition coefficient (Wildman–Crippen LogP) is 1.08. The molecule has 1 aliphatic heterocycles. The molecule has 0 saturated carbocycles. The van der Waals surface area contributed by atoms with Crippen LogP contribution >= 0.6 is 0 Å². The van der Waals surface area contributed by atoms with Crippen LogP contribution < -0.4 is 5.73 Å². The van der Waals surface area contributed by atoms with E-state index in [0.29, 0.717) is 32.6 Å². The summed E-state index contributed by atoms with van der Waals surface area (Å²) in [5.41, 5.74) is 5.48. The van der Waals surface area contributed by atoms with E-state index in [1.165, 1.54) is 4.90 Å². The van der Waals surface area contributed by atoms with Crippen molar-refractivity contribution in [3.63, 3.8) is 0 Å². The van der Waals surface area contributed by atoms with Crippen LogP contribution in [0.2, 0.25) is 0 Å². The minimum atomic E-state index is -4.14. The van der Waals surface area contributed by atoms with E-state index in [9.17, 15) is 13.2 Å². The monoisotopic (exact) mass is 282 g/mol. The van der Waals surface area contributed by atoms with Crippen molar-refractivity contribution >= 4 is 5.84 Å². The van der Waals surface area contributed by atoms with E-state index in [0.717, 1.165) is 6.42 Å². The van der Waals surface area contributed by atoms with Gasteiger partial charge in [-0.1, -0.05) is 12.1 Å². The molecule has 0 aromatic carbocycles. The second-order valence-corrected chi connectivity index (χ2v) is 4.78. The fraction of sp³-hybridized carbons (Fsp3) is 0.909. The van der Waals surface area contributed by atoms with Crippen LogP contribution in [0.15, 0.2) is 5.16 Å². The molecule has 19 heavy (non-hydrogen) atoms. The first-order chi connectivity index (χ1) is 8.85. The van der Waals surface area contributed by atoms with Gasteiger partial charge in [-0.25, -0.2) is 0 Å². The number of oxime groups is 1. The number of amidine groups is 1. The van der Waals surface area contributed by atoms with Gasteiger partial charge in [-0.2, -0.15) is 13.2 Å². The zero-order valence-corrected chi connectivity index (χ0v) is 11.0. The van der Waals surface area contributed by atoms with Gasteiger partial charge < -0.3 is 10.9 Å². The average Bonchev–Trinajstić information content (AvgIpc) is 2.35. The van der Waals surface area contributed by atoms with Gasteiger partial charge in [0, 0.05) is 38.6 Å². The number of alkyl halides is 3. The minimum Gasteiger partial charge on any atom is -0.409 e. The molecule has 1 aliphatic rings. The molecule has 1 heterocycles. The third-order valence-corrected chi connectivity index (χ3v) is 3.37. The van der Waals surface area contributed by atoms with E-state index in [1.54, 1.807) is 0 Å². The highest BCUT2D eigenvalue weighted by molar-refractivity contribution is 5.80. The van der Waals surface area contributed by atoms with E-state index in [2.05, 4.69) is 10.1 Å². The smallest absolute Gasteiger partial charge is 0.401 e. The van der Waals surface area contributed by atoms with Crippen molar-refractivity contribution in [1.29, 1.82) is 0 Å². The number of rotatable bonds is 5. The third-order valence-electron chi connectivity index (χ3n) is 3.37. The Balaban J connectivity index is 2.43. The highest BCUT2D eigenvalue weighted by Crippen LogP contribution is 2.19. The molecule has 1 unspecified atom stereocenters. The molecular formula is C11H21F3N4O. The Hall–Kier alpha value is -1.02. The second kappa shape index (κ2) is 6.95. The maximum atomic E-state index is 12.3. The fourth-order valence-electron chi connectivity index (χ4n) is 2.35. The molecule has 0 amide bonds. The summed E-state index contributed by atoms with van der Waals surface area (Å²) in [6, 6.07) is 0.115. The van der Waals surface area contributed by atoms with Gasteiger partial charge >= 0.3 is 6.18 Å². The normalized spacial score (nSPS) is 21.6. The highest BCUT2D eigenvalue weighted by Gasteiger charge is 2.33. The molecule has 3 N–H and O–H groups in total. The van der Waals surface area contributed by atoms with Crippen molar-refractivity contribution < 1.29 is 18.4 Å². The van der Waals surface area contributed by atoms with Crippen LogP contribution in [0.25, 0.3) is 0 Å². The Labute approximate surface area is 110 Å². The van der Waals surface area contributed by atoms with Crippen LogP contribution in [-0.2, 0) is 0 Å². The Bertz CT molecular complexity index is 301. The number of nitrogens with two attached hydrogens (primary N) is 1. The van der Waals surface area contributed by atoms with Gasteiger partial charge in [0.15, 0.2) is 0 Å². The molecule has 1 rings (SSSR count). The lowest BCUT2D eigenvalue weighted by atomic mass is 10.1. The molecule has 0 aromatic heterocycles. The van der Waals surface area contributed by atoms with E-state index in [-0.39, 0.29) is 11.9 Å². The summed E-state index contributed by atoms with van der Waals surface area (Å²) >= 11 is 0. The van der Waals surface area contributed by atoms with Crippen LogP contribution in [0, 0.1) is 0 Å². The quantitative estimate of drug-likeness (QED) is 0.343. The molecule has 0 aromatic rings. The second-order valence-electron chi connectivity index (χ2n) is 4.78. The van der Waals surface area contributed by atoms with Crippen molar-refractivity contribution in [1.82, 2.24) is 9.80 Å². The fourth-order valence-corrected chi connectivity index (χ4v) is 2.35. The largest absolute Gasteiger partial charge is 0.409 e. The van der Waals surface area contributed by atoms with E-state index in [1.807, 2.05) is 6.92 Å². The number of nitrogens with zero attached hydrogens (tertiary/aromatic N) is 3. The number of halogens is 3. The van der Waals surface area contributed by atoms with Gasteiger partial charge in [0.1, 0.15) is 5.84 Å². The molecule has 112 valence electrons. The van der Waals surface area contributed by atoms with Gasteiger partial charge in [0.2, 0.25) is 0 Å². The molecule has 0 bridgehead atoms. The van der Waals surface area contributed by atoms with Crippen molar-refractivity contribution in [2.75, 3.05) is 32.7 Å². The zero-order chi connectivity index (χ0) is 14.5. The van der Waals surface area contributed by atoms with Crippen LogP contribution in [0.4, 0.5) is 13.2 Å². The third kappa shape index (κ3) is 5.65. The molecule has 0 spiro atoms. The molecular weight excluding hydrogens is 261 g/mol. The van der Waals surface area contributed by atoms with Crippen LogP contribution in [0.1, 0.15) is 19.8 Å². The molecule has 5 nitrogen and oxygen atoms in total. The lowest BCUT2D eigenvalue weighted by Gasteiger charge is -2.39. The summed E-state index contributed by atoms with van der Waals surface area (Å²) in [5.74, 6) is 0.157. The summed E-state index contributed by atoms with van der Waals surface area (Å²) in [4.78, 5) is 3.51. The number of hydrogen-bond acceptors (Lipinski definition) is 4. The van der Waals surface area contributed by atoms with Crippen LogP contribution in [-0.4, -0.2) is 65.8 Å². The van der Waals surface area contributed by atoms with Gasteiger partial charge in [-0.05, 0) is 6.42 Å². The zero-order valence-electron chi connectivity index (χ0n) is 11.0. The van der Waals surface area contributed by atoms with Crippen LogP contribution in [0.5, 0.6) is 0 Å². The minimum absolute atomic E-state index is 0.115. The van der Waals surface area contributed by atoms with Crippen molar-refractivity contribution in [3.05, 3.63) is 0 Å². The van der Waals surface area contributed by atoms with E-state index < -0.39 is 12.7 Å². The molecule has 8 heteroatoms. The lowest BCUT2D eigenvalue weighted by Crippen LogP contribution is -2.52. The Kier molecular flexibility index (Phi) is 5.86. The predicted molar refractivity (Wildman–Crippen MR) is 66.2 cm³/mol. The summed E-state index contributed by atoms with van der Waals surface area (Å²) in [6.07, 6.45) is -2.89. The van der Waals surface area contributed by atoms with Crippen molar-refractivity contribution in [3.8, 4) is 0 Å². The number of hydrogen-bond donors (Lipinski definition) is 2. The Morgan fingerprint density at radius 2 is 1.89 bits per heavy atom. The lowest BCUT2D eigenvalue weighted by molar-refractivity contribution is -0.149. The summed E-state index contributed by atoms with van der Waals surface area (Å²) in [6.45, 7) is 3.08.